The average molecular weight is 483 g/mol. The summed E-state index contributed by atoms with van der Waals surface area (Å²) in [5.74, 6) is 0. The molecular formula is C33H30N4. The minimum absolute atomic E-state index is 0.0229. The zero-order valence-corrected chi connectivity index (χ0v) is 21.4. The van der Waals surface area contributed by atoms with Gasteiger partial charge in [-0.15, -0.1) is 0 Å². The minimum atomic E-state index is -0.0229. The predicted molar refractivity (Wildman–Crippen MR) is 151 cm³/mol. The smallest absolute Gasteiger partial charge is 0.0670 e. The van der Waals surface area contributed by atoms with Crippen LogP contribution in [-0.4, -0.2) is 19.3 Å². The lowest BCUT2D eigenvalue weighted by atomic mass is 9.75. The topological polar surface area (TPSA) is 35.6 Å². The molecule has 0 spiro atoms. The highest BCUT2D eigenvalue weighted by Crippen LogP contribution is 2.46. The molecule has 37 heavy (non-hydrogen) atoms. The molecule has 0 radical (unpaired) electrons. The molecule has 3 aromatic heterocycles. The van der Waals surface area contributed by atoms with Crippen LogP contribution in [0.3, 0.4) is 0 Å². The highest BCUT2D eigenvalue weighted by Gasteiger charge is 2.38. The Balaban J connectivity index is 1.47. The average Bonchev–Trinajstić information content (AvgIpc) is 3.65. The van der Waals surface area contributed by atoms with E-state index in [0.29, 0.717) is 0 Å². The van der Waals surface area contributed by atoms with Crippen molar-refractivity contribution in [3.63, 3.8) is 0 Å². The normalized spacial score (nSPS) is 15.1. The van der Waals surface area contributed by atoms with Gasteiger partial charge in [0.2, 0.25) is 0 Å². The molecule has 4 heteroatoms. The van der Waals surface area contributed by atoms with Crippen molar-refractivity contribution in [1.29, 1.82) is 0 Å². The molecule has 0 aliphatic heterocycles. The van der Waals surface area contributed by atoms with Crippen LogP contribution in [0.4, 0.5) is 0 Å². The van der Waals surface area contributed by atoms with Crippen LogP contribution in [0.1, 0.15) is 48.3 Å². The van der Waals surface area contributed by atoms with Gasteiger partial charge in [0, 0.05) is 33.8 Å². The Morgan fingerprint density at radius 2 is 1.51 bits per heavy atom. The molecule has 0 amide bonds. The fraction of sp³-hybridized carbons (Fsp3) is 0.212. The lowest BCUT2D eigenvalue weighted by molar-refractivity contribution is 0.518. The molecule has 0 bridgehead atoms. The molecule has 3 aromatic carbocycles. The highest BCUT2D eigenvalue weighted by atomic mass is 15.3. The van der Waals surface area contributed by atoms with Crippen molar-refractivity contribution in [2.45, 2.75) is 44.9 Å². The van der Waals surface area contributed by atoms with Gasteiger partial charge in [-0.1, -0.05) is 55.3 Å². The number of rotatable bonds is 4. The standard InChI is InChI=1S/C33H30N4/c1-23-20-24(2)37(35-23)27-15-16-29-28-12-3-4-13-30(28)36(31(29)22-27)26-11-9-10-25(21-26)33(17-6-7-18-33)32-14-5-8-19-34-32/h3-5,8-16,19-22H,6-7,17-18H2,1-2H3. The van der Waals surface area contributed by atoms with E-state index in [-0.39, 0.29) is 5.41 Å². The summed E-state index contributed by atoms with van der Waals surface area (Å²) in [5.41, 5.74) is 9.39. The van der Waals surface area contributed by atoms with Gasteiger partial charge in [0.15, 0.2) is 0 Å². The second kappa shape index (κ2) is 8.45. The third kappa shape index (κ3) is 3.43. The van der Waals surface area contributed by atoms with Gasteiger partial charge < -0.3 is 4.57 Å². The fourth-order valence-corrected chi connectivity index (χ4v) is 6.52. The first kappa shape index (κ1) is 22.1. The zero-order valence-electron chi connectivity index (χ0n) is 21.4. The second-order valence-electron chi connectivity index (χ2n) is 10.4. The Kier molecular flexibility index (Phi) is 5.03. The van der Waals surface area contributed by atoms with Crippen molar-refractivity contribution < 1.29 is 0 Å². The monoisotopic (exact) mass is 482 g/mol. The van der Waals surface area contributed by atoms with Crippen LogP contribution in [0, 0.1) is 13.8 Å². The number of aryl methyl sites for hydroxylation is 2. The number of fused-ring (bicyclic) bond motifs is 3. The van der Waals surface area contributed by atoms with Gasteiger partial charge >= 0.3 is 0 Å². The minimum Gasteiger partial charge on any atom is -0.309 e. The molecule has 0 unspecified atom stereocenters. The Bertz CT molecular complexity index is 1750. The van der Waals surface area contributed by atoms with Gasteiger partial charge in [0.25, 0.3) is 0 Å². The van der Waals surface area contributed by atoms with Crippen LogP contribution in [0.25, 0.3) is 33.2 Å². The maximum Gasteiger partial charge on any atom is 0.0670 e. The lowest BCUT2D eigenvalue weighted by Gasteiger charge is -2.29. The van der Waals surface area contributed by atoms with E-state index in [4.69, 9.17) is 10.1 Å². The third-order valence-corrected chi connectivity index (χ3v) is 8.18. The van der Waals surface area contributed by atoms with E-state index < -0.39 is 0 Å². The summed E-state index contributed by atoms with van der Waals surface area (Å²) in [6.45, 7) is 4.16. The second-order valence-corrected chi connectivity index (χ2v) is 10.4. The Hall–Kier alpha value is -4.18. The maximum absolute atomic E-state index is 4.84. The summed E-state index contributed by atoms with van der Waals surface area (Å²) in [6, 6.07) is 33.1. The van der Waals surface area contributed by atoms with Crippen LogP contribution in [0.2, 0.25) is 0 Å². The number of nitrogens with zero attached hydrogens (tertiary/aromatic N) is 4. The fourth-order valence-electron chi connectivity index (χ4n) is 6.52. The van der Waals surface area contributed by atoms with Gasteiger partial charge in [-0.05, 0) is 80.8 Å². The van der Waals surface area contributed by atoms with Crippen LogP contribution >= 0.6 is 0 Å². The number of para-hydroxylation sites is 1. The largest absolute Gasteiger partial charge is 0.309 e. The number of pyridine rings is 1. The zero-order chi connectivity index (χ0) is 25.0. The number of hydrogen-bond donors (Lipinski definition) is 0. The van der Waals surface area contributed by atoms with E-state index in [1.165, 1.54) is 51.6 Å². The van der Waals surface area contributed by atoms with Crippen molar-refractivity contribution in [1.82, 2.24) is 19.3 Å². The highest BCUT2D eigenvalue weighted by molar-refractivity contribution is 6.09. The Morgan fingerprint density at radius 1 is 0.703 bits per heavy atom. The molecule has 0 N–H and O–H groups in total. The molecular weight excluding hydrogens is 452 g/mol. The van der Waals surface area contributed by atoms with Crippen LogP contribution < -0.4 is 0 Å². The summed E-state index contributed by atoms with van der Waals surface area (Å²) >= 11 is 0. The Morgan fingerprint density at radius 3 is 2.30 bits per heavy atom. The van der Waals surface area contributed by atoms with Crippen molar-refractivity contribution in [2.24, 2.45) is 0 Å². The molecule has 7 rings (SSSR count). The van der Waals surface area contributed by atoms with Crippen molar-refractivity contribution >= 4 is 21.8 Å². The summed E-state index contributed by atoms with van der Waals surface area (Å²) < 4.78 is 4.46. The molecule has 4 nitrogen and oxygen atoms in total. The van der Waals surface area contributed by atoms with Crippen molar-refractivity contribution in [2.75, 3.05) is 0 Å². The van der Waals surface area contributed by atoms with Gasteiger partial charge in [0.1, 0.15) is 0 Å². The first-order chi connectivity index (χ1) is 18.1. The van der Waals surface area contributed by atoms with E-state index in [0.717, 1.165) is 29.9 Å². The first-order valence-electron chi connectivity index (χ1n) is 13.2. The van der Waals surface area contributed by atoms with Crippen LogP contribution in [0.15, 0.2) is 97.2 Å². The van der Waals surface area contributed by atoms with Gasteiger partial charge in [0.05, 0.1) is 28.1 Å². The van der Waals surface area contributed by atoms with E-state index in [9.17, 15) is 0 Å². The van der Waals surface area contributed by atoms with Crippen LogP contribution in [0.5, 0.6) is 0 Å². The summed E-state index contributed by atoms with van der Waals surface area (Å²) in [7, 11) is 0. The molecule has 1 aliphatic rings. The molecule has 6 aromatic rings. The van der Waals surface area contributed by atoms with Crippen molar-refractivity contribution in [3.8, 4) is 11.4 Å². The van der Waals surface area contributed by atoms with Gasteiger partial charge in [-0.2, -0.15) is 5.10 Å². The van der Waals surface area contributed by atoms with E-state index in [1.807, 2.05) is 23.9 Å². The SMILES string of the molecule is Cc1cc(C)n(-c2ccc3c4ccccc4n(-c4cccc(C5(c6ccccn6)CCCC5)c4)c3c2)n1. The van der Waals surface area contributed by atoms with Gasteiger partial charge in [-0.3, -0.25) is 4.98 Å². The summed E-state index contributed by atoms with van der Waals surface area (Å²) in [5, 5.41) is 7.28. The quantitative estimate of drug-likeness (QED) is 0.257. The van der Waals surface area contributed by atoms with E-state index in [1.54, 1.807) is 0 Å². The number of aromatic nitrogens is 4. The van der Waals surface area contributed by atoms with E-state index in [2.05, 4.69) is 96.4 Å². The molecule has 3 heterocycles. The molecule has 182 valence electrons. The first-order valence-corrected chi connectivity index (χ1v) is 13.2. The number of benzene rings is 3. The third-order valence-electron chi connectivity index (χ3n) is 8.18. The predicted octanol–water partition coefficient (Wildman–Crippen LogP) is 7.84. The Labute approximate surface area is 217 Å². The molecule has 0 saturated heterocycles. The number of hydrogen-bond acceptors (Lipinski definition) is 2. The lowest BCUT2D eigenvalue weighted by Crippen LogP contribution is -2.25. The van der Waals surface area contributed by atoms with Gasteiger partial charge in [-0.25, -0.2) is 4.68 Å². The summed E-state index contributed by atoms with van der Waals surface area (Å²) in [6.07, 6.45) is 6.70. The van der Waals surface area contributed by atoms with Crippen LogP contribution in [-0.2, 0) is 5.41 Å². The van der Waals surface area contributed by atoms with Crippen molar-refractivity contribution in [3.05, 3.63) is 120 Å². The molecule has 1 saturated carbocycles. The summed E-state index contributed by atoms with van der Waals surface area (Å²) in [4.78, 5) is 4.84. The van der Waals surface area contributed by atoms with E-state index >= 15 is 0 Å². The molecule has 1 fully saturated rings. The molecule has 0 atom stereocenters. The maximum atomic E-state index is 4.84. The molecule has 1 aliphatic carbocycles.